The Morgan fingerprint density at radius 1 is 1.33 bits per heavy atom. The number of benzene rings is 1. The summed E-state index contributed by atoms with van der Waals surface area (Å²) in [5.74, 6) is 0.762. The van der Waals surface area contributed by atoms with E-state index in [1.54, 1.807) is 14.1 Å². The SMILES string of the molecule is CN=C(NCc1cccc(C(=O)NC)c1)NC1CCCC1. The van der Waals surface area contributed by atoms with Crippen LogP contribution in [-0.2, 0) is 6.54 Å². The van der Waals surface area contributed by atoms with Gasteiger partial charge in [-0.05, 0) is 30.5 Å². The maximum Gasteiger partial charge on any atom is 0.251 e. The van der Waals surface area contributed by atoms with Crippen LogP contribution in [0, 0.1) is 0 Å². The molecule has 0 bridgehead atoms. The molecule has 1 aromatic carbocycles. The predicted molar refractivity (Wildman–Crippen MR) is 85.4 cm³/mol. The Kier molecular flexibility index (Phi) is 5.60. The van der Waals surface area contributed by atoms with E-state index >= 15 is 0 Å². The van der Waals surface area contributed by atoms with Gasteiger partial charge in [-0.2, -0.15) is 0 Å². The van der Waals surface area contributed by atoms with Crippen LogP contribution >= 0.6 is 0 Å². The molecule has 0 radical (unpaired) electrons. The van der Waals surface area contributed by atoms with Crippen molar-refractivity contribution >= 4 is 11.9 Å². The van der Waals surface area contributed by atoms with Gasteiger partial charge in [0.15, 0.2) is 5.96 Å². The highest BCUT2D eigenvalue weighted by Crippen LogP contribution is 2.17. The zero-order valence-electron chi connectivity index (χ0n) is 12.8. The summed E-state index contributed by atoms with van der Waals surface area (Å²) in [6.07, 6.45) is 5.02. The number of hydrogen-bond donors (Lipinski definition) is 3. The van der Waals surface area contributed by atoms with E-state index in [1.165, 1.54) is 25.7 Å². The fraction of sp³-hybridized carbons (Fsp3) is 0.500. The van der Waals surface area contributed by atoms with Gasteiger partial charge < -0.3 is 16.0 Å². The van der Waals surface area contributed by atoms with Gasteiger partial charge in [-0.3, -0.25) is 9.79 Å². The molecule has 0 atom stereocenters. The highest BCUT2D eigenvalue weighted by molar-refractivity contribution is 5.94. The van der Waals surface area contributed by atoms with Crippen LogP contribution in [0.2, 0.25) is 0 Å². The third-order valence-electron chi connectivity index (χ3n) is 3.80. The third kappa shape index (κ3) is 4.48. The molecule has 0 heterocycles. The van der Waals surface area contributed by atoms with Crippen LogP contribution < -0.4 is 16.0 Å². The first-order valence-electron chi connectivity index (χ1n) is 7.51. The number of carbonyl (C=O) groups excluding carboxylic acids is 1. The molecule has 0 spiro atoms. The van der Waals surface area contributed by atoms with Gasteiger partial charge >= 0.3 is 0 Å². The topological polar surface area (TPSA) is 65.5 Å². The van der Waals surface area contributed by atoms with Gasteiger partial charge in [-0.15, -0.1) is 0 Å². The zero-order chi connectivity index (χ0) is 15.1. The Balaban J connectivity index is 1.90. The first kappa shape index (κ1) is 15.4. The van der Waals surface area contributed by atoms with Gasteiger partial charge in [0.25, 0.3) is 5.91 Å². The average molecular weight is 288 g/mol. The number of nitrogens with zero attached hydrogens (tertiary/aromatic N) is 1. The van der Waals surface area contributed by atoms with Crippen molar-refractivity contribution in [1.82, 2.24) is 16.0 Å². The maximum absolute atomic E-state index is 11.6. The summed E-state index contributed by atoms with van der Waals surface area (Å²) in [6.45, 7) is 0.650. The second-order valence-electron chi connectivity index (χ2n) is 5.33. The predicted octanol–water partition coefficient (Wildman–Crippen LogP) is 1.65. The summed E-state index contributed by atoms with van der Waals surface area (Å²) in [4.78, 5) is 15.9. The van der Waals surface area contributed by atoms with Gasteiger partial charge in [-0.1, -0.05) is 25.0 Å². The molecule has 1 saturated carbocycles. The van der Waals surface area contributed by atoms with E-state index < -0.39 is 0 Å². The number of carbonyl (C=O) groups is 1. The van der Waals surface area contributed by atoms with Crippen LogP contribution in [0.25, 0.3) is 0 Å². The largest absolute Gasteiger partial charge is 0.355 e. The van der Waals surface area contributed by atoms with E-state index in [9.17, 15) is 4.79 Å². The molecule has 5 nitrogen and oxygen atoms in total. The van der Waals surface area contributed by atoms with Crippen LogP contribution in [0.5, 0.6) is 0 Å². The molecule has 1 aliphatic carbocycles. The van der Waals surface area contributed by atoms with Gasteiger partial charge in [0.05, 0.1) is 0 Å². The molecular weight excluding hydrogens is 264 g/mol. The third-order valence-corrected chi connectivity index (χ3v) is 3.80. The molecule has 21 heavy (non-hydrogen) atoms. The molecule has 114 valence electrons. The highest BCUT2D eigenvalue weighted by atomic mass is 16.1. The summed E-state index contributed by atoms with van der Waals surface area (Å²) < 4.78 is 0. The van der Waals surface area contributed by atoms with E-state index in [4.69, 9.17) is 0 Å². The quantitative estimate of drug-likeness (QED) is 0.583. The number of rotatable bonds is 4. The van der Waals surface area contributed by atoms with Crippen LogP contribution in [0.3, 0.4) is 0 Å². The fourth-order valence-corrected chi connectivity index (χ4v) is 2.61. The van der Waals surface area contributed by atoms with Crippen molar-refractivity contribution in [2.24, 2.45) is 4.99 Å². The highest BCUT2D eigenvalue weighted by Gasteiger charge is 2.15. The Hall–Kier alpha value is -2.04. The van der Waals surface area contributed by atoms with Gasteiger partial charge in [-0.25, -0.2) is 0 Å². The van der Waals surface area contributed by atoms with Crippen molar-refractivity contribution in [2.45, 2.75) is 38.3 Å². The van der Waals surface area contributed by atoms with E-state index in [2.05, 4.69) is 20.9 Å². The molecule has 1 amide bonds. The normalized spacial score (nSPS) is 15.8. The molecule has 2 rings (SSSR count). The molecule has 1 aliphatic rings. The lowest BCUT2D eigenvalue weighted by molar-refractivity contribution is 0.0963. The average Bonchev–Trinajstić information content (AvgIpc) is 3.03. The summed E-state index contributed by atoms with van der Waals surface area (Å²) >= 11 is 0. The Morgan fingerprint density at radius 2 is 2.10 bits per heavy atom. The van der Waals surface area contributed by atoms with Gasteiger partial charge in [0.2, 0.25) is 0 Å². The molecule has 0 aromatic heterocycles. The molecule has 3 N–H and O–H groups in total. The van der Waals surface area contributed by atoms with Crippen LogP contribution in [-0.4, -0.2) is 32.0 Å². The molecule has 0 aliphatic heterocycles. The lowest BCUT2D eigenvalue weighted by Crippen LogP contribution is -2.41. The van der Waals surface area contributed by atoms with E-state index in [0.717, 1.165) is 11.5 Å². The summed E-state index contributed by atoms with van der Waals surface area (Å²) in [5, 5.41) is 9.39. The lowest BCUT2D eigenvalue weighted by atomic mass is 10.1. The molecule has 0 saturated heterocycles. The summed E-state index contributed by atoms with van der Waals surface area (Å²) in [6, 6.07) is 8.15. The zero-order valence-corrected chi connectivity index (χ0v) is 12.8. The lowest BCUT2D eigenvalue weighted by Gasteiger charge is -2.17. The van der Waals surface area contributed by atoms with Crippen molar-refractivity contribution in [3.63, 3.8) is 0 Å². The van der Waals surface area contributed by atoms with Gasteiger partial charge in [0.1, 0.15) is 0 Å². The summed E-state index contributed by atoms with van der Waals surface area (Å²) in [7, 11) is 3.42. The second-order valence-corrected chi connectivity index (χ2v) is 5.33. The van der Waals surface area contributed by atoms with Crippen molar-refractivity contribution in [2.75, 3.05) is 14.1 Å². The fourth-order valence-electron chi connectivity index (χ4n) is 2.61. The minimum Gasteiger partial charge on any atom is -0.355 e. The van der Waals surface area contributed by atoms with Crippen LogP contribution in [0.15, 0.2) is 29.3 Å². The molecule has 1 fully saturated rings. The van der Waals surface area contributed by atoms with Crippen molar-refractivity contribution < 1.29 is 4.79 Å². The smallest absolute Gasteiger partial charge is 0.251 e. The van der Waals surface area contributed by atoms with Crippen molar-refractivity contribution in [3.05, 3.63) is 35.4 Å². The number of amides is 1. The molecule has 1 aromatic rings. The standard InChI is InChI=1S/C16H24N4O/c1-17-15(21)13-7-5-6-12(10-13)11-19-16(18-2)20-14-8-3-4-9-14/h5-7,10,14H,3-4,8-9,11H2,1-2H3,(H,17,21)(H2,18,19,20). The number of hydrogen-bond acceptors (Lipinski definition) is 2. The van der Waals surface area contributed by atoms with Crippen molar-refractivity contribution in [1.29, 1.82) is 0 Å². The molecule has 0 unspecified atom stereocenters. The van der Waals surface area contributed by atoms with Crippen molar-refractivity contribution in [3.8, 4) is 0 Å². The van der Waals surface area contributed by atoms with E-state index in [1.807, 2.05) is 24.3 Å². The maximum atomic E-state index is 11.6. The Labute approximate surface area is 126 Å². The second kappa shape index (κ2) is 7.67. The molecular formula is C16H24N4O. The minimum atomic E-state index is -0.0645. The monoisotopic (exact) mass is 288 g/mol. The van der Waals surface area contributed by atoms with Crippen LogP contribution in [0.4, 0.5) is 0 Å². The Bertz CT molecular complexity index is 507. The first-order chi connectivity index (χ1) is 10.2. The summed E-state index contributed by atoms with van der Waals surface area (Å²) in [5.41, 5.74) is 1.74. The van der Waals surface area contributed by atoms with Gasteiger partial charge in [0, 0.05) is 32.2 Å². The van der Waals surface area contributed by atoms with E-state index in [-0.39, 0.29) is 5.91 Å². The number of aliphatic imine (C=N–C) groups is 1. The minimum absolute atomic E-state index is 0.0645. The Morgan fingerprint density at radius 3 is 2.76 bits per heavy atom. The first-order valence-corrected chi connectivity index (χ1v) is 7.51. The molecule has 5 heteroatoms. The van der Waals surface area contributed by atoms with E-state index in [0.29, 0.717) is 18.2 Å². The number of guanidine groups is 1. The van der Waals surface area contributed by atoms with Crippen LogP contribution in [0.1, 0.15) is 41.6 Å². The number of nitrogens with one attached hydrogen (secondary N) is 3.